The molecule has 8 aromatic carbocycles. The molecule has 0 unspecified atom stereocenters. The second-order valence-corrected chi connectivity index (χ2v) is 23.8. The molecule has 294 valence electrons. The molecule has 0 saturated carbocycles. The molecule has 0 aliphatic carbocycles. The van der Waals surface area contributed by atoms with Gasteiger partial charge in [0.25, 0.3) is 0 Å². The van der Waals surface area contributed by atoms with E-state index < -0.39 is 8.07 Å². The van der Waals surface area contributed by atoms with Gasteiger partial charge < -0.3 is 18.3 Å². The molecular weight excluding hydrogens is 757 g/mol. The van der Waals surface area contributed by atoms with E-state index in [0.29, 0.717) is 0 Å². The normalized spacial score (nSPS) is 15.5. The molecule has 1 aliphatic rings. The average molecular weight is 803 g/mol. The van der Waals surface area contributed by atoms with Crippen LogP contribution in [0, 0.1) is 0 Å². The lowest BCUT2D eigenvalue weighted by atomic mass is 9.82. The van der Waals surface area contributed by atoms with Gasteiger partial charge in [-0.25, -0.2) is 0 Å². The molecule has 0 spiro atoms. The molecule has 1 aliphatic heterocycles. The van der Waals surface area contributed by atoms with Crippen molar-refractivity contribution in [3.8, 4) is 11.4 Å². The van der Waals surface area contributed by atoms with Gasteiger partial charge in [-0.2, -0.15) is 0 Å². The molecule has 5 heteroatoms. The van der Waals surface area contributed by atoms with Crippen LogP contribution in [-0.2, 0) is 12.6 Å². The number of benzene rings is 8. The lowest BCUT2D eigenvalue weighted by Crippen LogP contribution is -2.44. The van der Waals surface area contributed by atoms with E-state index >= 15 is 0 Å². The van der Waals surface area contributed by atoms with Crippen LogP contribution in [0.5, 0.6) is 0 Å². The van der Waals surface area contributed by atoms with Crippen LogP contribution in [0.2, 0.25) is 25.2 Å². The number of hydrogen-bond donors (Lipinski definition) is 0. The molecule has 61 heavy (non-hydrogen) atoms. The molecule has 0 radical (unpaired) electrons. The molecule has 0 atom stereocenters. The average Bonchev–Trinajstić information content (AvgIpc) is 4.01. The third-order valence-electron chi connectivity index (χ3n) is 14.7. The van der Waals surface area contributed by atoms with Gasteiger partial charge in [0.1, 0.15) is 0 Å². The first-order chi connectivity index (χ1) is 29.9. The fourth-order valence-corrected chi connectivity index (χ4v) is 14.0. The highest BCUT2D eigenvalue weighted by molar-refractivity contribution is 6.77. The zero-order valence-corrected chi connectivity index (χ0v) is 35.9. The van der Waals surface area contributed by atoms with Crippen molar-refractivity contribution in [2.75, 3.05) is 0 Å². The maximum absolute atomic E-state index is 2.78. The Morgan fingerprint density at radius 1 is 0.377 bits per heavy atom. The Balaban J connectivity index is 1.04. The maximum atomic E-state index is 2.78. The molecule has 0 bridgehead atoms. The standard InChI is InChI=1S/C56H46N4Si/c1-57-48-19-9-4-16-42(48)46-35-38(25-28-49(46)57)59-52-22-12-7-17-43(52)45-34-37(24-27-53(45)59)56(30-32-61(2,3)33-31-56)60-54-23-13-8-18-44(54)47-36-39(26-29-55(47)60)58-50-20-10-5-14-40(50)41-15-6-11-21-51(41)58/h4-29,34-36H,30-33H2,1-3H3. The molecule has 4 nitrogen and oxygen atoms in total. The minimum Gasteiger partial charge on any atom is -0.344 e. The summed E-state index contributed by atoms with van der Waals surface area (Å²) in [5, 5.41) is 10.4. The summed E-state index contributed by atoms with van der Waals surface area (Å²) in [4.78, 5) is 0. The first-order valence-electron chi connectivity index (χ1n) is 21.9. The van der Waals surface area contributed by atoms with Crippen molar-refractivity contribution in [1.82, 2.24) is 18.3 Å². The van der Waals surface area contributed by atoms with Crippen LogP contribution in [0.4, 0.5) is 0 Å². The fourth-order valence-electron chi connectivity index (χ4n) is 11.6. The van der Waals surface area contributed by atoms with Gasteiger partial charge in [0.2, 0.25) is 0 Å². The Kier molecular flexibility index (Phi) is 7.23. The molecular formula is C56H46N4Si. The summed E-state index contributed by atoms with van der Waals surface area (Å²) >= 11 is 0. The first kappa shape index (κ1) is 35.0. The summed E-state index contributed by atoms with van der Waals surface area (Å²) in [7, 11) is 0.822. The topological polar surface area (TPSA) is 19.7 Å². The monoisotopic (exact) mass is 802 g/mol. The lowest BCUT2D eigenvalue weighted by Gasteiger charge is -2.45. The van der Waals surface area contributed by atoms with E-state index in [9.17, 15) is 0 Å². The molecule has 12 aromatic rings. The first-order valence-corrected chi connectivity index (χ1v) is 25.3. The predicted molar refractivity (Wildman–Crippen MR) is 262 cm³/mol. The highest BCUT2D eigenvalue weighted by atomic mass is 28.3. The van der Waals surface area contributed by atoms with E-state index in [4.69, 9.17) is 0 Å². The van der Waals surface area contributed by atoms with Crippen molar-refractivity contribution >= 4 is 95.3 Å². The van der Waals surface area contributed by atoms with Crippen molar-refractivity contribution in [3.63, 3.8) is 0 Å². The molecule has 1 saturated heterocycles. The second-order valence-electron chi connectivity index (χ2n) is 18.5. The van der Waals surface area contributed by atoms with Gasteiger partial charge in [0, 0.05) is 86.1 Å². The van der Waals surface area contributed by atoms with Gasteiger partial charge in [0.05, 0.1) is 33.1 Å². The molecule has 13 rings (SSSR count). The number of aromatic nitrogens is 4. The van der Waals surface area contributed by atoms with Crippen LogP contribution in [-0.4, -0.2) is 26.3 Å². The van der Waals surface area contributed by atoms with E-state index in [1.165, 1.54) is 116 Å². The van der Waals surface area contributed by atoms with Crippen LogP contribution in [0.15, 0.2) is 176 Å². The van der Waals surface area contributed by atoms with Crippen molar-refractivity contribution in [3.05, 3.63) is 181 Å². The van der Waals surface area contributed by atoms with Crippen molar-refractivity contribution < 1.29 is 0 Å². The minimum absolute atomic E-state index is 0.197. The summed E-state index contributed by atoms with van der Waals surface area (Å²) in [6.07, 6.45) is 2.27. The Bertz CT molecular complexity index is 3710. The van der Waals surface area contributed by atoms with Gasteiger partial charge in [-0.05, 0) is 97.3 Å². The van der Waals surface area contributed by atoms with Crippen molar-refractivity contribution in [2.24, 2.45) is 7.05 Å². The Hall–Kier alpha value is -6.82. The third kappa shape index (κ3) is 4.87. The summed E-state index contributed by atoms with van der Waals surface area (Å²) in [6, 6.07) is 69.1. The van der Waals surface area contributed by atoms with E-state index in [0.717, 1.165) is 12.8 Å². The van der Waals surface area contributed by atoms with Crippen molar-refractivity contribution in [2.45, 2.75) is 43.6 Å². The zero-order chi connectivity index (χ0) is 40.6. The number of fused-ring (bicyclic) bond motifs is 12. The number of hydrogen-bond acceptors (Lipinski definition) is 0. The number of rotatable bonds is 4. The number of aryl methyl sites for hydroxylation is 1. The summed E-state index contributed by atoms with van der Waals surface area (Å²) < 4.78 is 10.1. The quantitative estimate of drug-likeness (QED) is 0.158. The molecule has 0 N–H and O–H groups in total. The van der Waals surface area contributed by atoms with E-state index in [1.54, 1.807) is 0 Å². The Labute approximate surface area is 355 Å². The van der Waals surface area contributed by atoms with Gasteiger partial charge in [0.15, 0.2) is 0 Å². The lowest BCUT2D eigenvalue weighted by molar-refractivity contribution is 0.332. The van der Waals surface area contributed by atoms with Gasteiger partial charge in [-0.15, -0.1) is 0 Å². The Morgan fingerprint density at radius 3 is 1.31 bits per heavy atom. The Morgan fingerprint density at radius 2 is 0.738 bits per heavy atom. The highest BCUT2D eigenvalue weighted by Gasteiger charge is 2.43. The van der Waals surface area contributed by atoms with Crippen LogP contribution in [0.3, 0.4) is 0 Å². The smallest absolute Gasteiger partial charge is 0.0697 e. The highest BCUT2D eigenvalue weighted by Crippen LogP contribution is 2.50. The summed E-state index contributed by atoms with van der Waals surface area (Å²) in [6.45, 7) is 5.20. The van der Waals surface area contributed by atoms with Gasteiger partial charge in [-0.3, -0.25) is 0 Å². The summed E-state index contributed by atoms with van der Waals surface area (Å²) in [5.74, 6) is 0. The van der Waals surface area contributed by atoms with E-state index in [-0.39, 0.29) is 5.54 Å². The zero-order valence-electron chi connectivity index (χ0n) is 34.9. The largest absolute Gasteiger partial charge is 0.344 e. The summed E-state index contributed by atoms with van der Waals surface area (Å²) in [5.41, 5.74) is 13.8. The predicted octanol–water partition coefficient (Wildman–Crippen LogP) is 14.9. The SMILES string of the molecule is Cn1c2ccccc2c2cc(-n3c4ccccc4c4cc(C5(n6c7ccccc7c7cc(-n8c9ccccc9c9ccccc98)ccc76)CC[Si](C)(C)CC5)ccc43)ccc21. The number of para-hydroxylation sites is 5. The maximum Gasteiger partial charge on any atom is 0.0697 e. The van der Waals surface area contributed by atoms with E-state index in [2.05, 4.69) is 214 Å². The molecule has 5 heterocycles. The molecule has 1 fully saturated rings. The number of nitrogens with zero attached hydrogens (tertiary/aromatic N) is 4. The van der Waals surface area contributed by atoms with Crippen LogP contribution < -0.4 is 0 Å². The fraction of sp³-hybridized carbons (Fsp3) is 0.143. The minimum atomic E-state index is -1.36. The van der Waals surface area contributed by atoms with Crippen LogP contribution in [0.25, 0.3) is 98.6 Å². The van der Waals surface area contributed by atoms with E-state index in [1.807, 2.05) is 0 Å². The van der Waals surface area contributed by atoms with Crippen LogP contribution >= 0.6 is 0 Å². The van der Waals surface area contributed by atoms with Crippen LogP contribution in [0.1, 0.15) is 18.4 Å². The van der Waals surface area contributed by atoms with Crippen molar-refractivity contribution in [1.29, 1.82) is 0 Å². The van der Waals surface area contributed by atoms with Gasteiger partial charge in [-0.1, -0.05) is 122 Å². The molecule has 4 aromatic heterocycles. The second kappa shape index (κ2) is 12.6. The third-order valence-corrected chi connectivity index (χ3v) is 17.9. The molecule has 0 amide bonds. The van der Waals surface area contributed by atoms with Gasteiger partial charge >= 0.3 is 0 Å².